The Morgan fingerprint density at radius 3 is 2.59 bits per heavy atom. The van der Waals surface area contributed by atoms with Gasteiger partial charge in [-0.05, 0) is 37.4 Å². The Bertz CT molecular complexity index is 717. The Balaban J connectivity index is 1.62. The maximum absolute atomic E-state index is 4.36. The lowest BCUT2D eigenvalue weighted by Gasteiger charge is -2.37. The summed E-state index contributed by atoms with van der Waals surface area (Å²) in [6.45, 7) is 6.05. The van der Waals surface area contributed by atoms with E-state index < -0.39 is 0 Å². The molecule has 0 amide bonds. The third kappa shape index (κ3) is 5.29. The number of guanidine groups is 1. The lowest BCUT2D eigenvalue weighted by molar-refractivity contribution is 0.138. The lowest BCUT2D eigenvalue weighted by Crippen LogP contribution is -2.45. The Hall–Kier alpha value is -2.41. The highest BCUT2D eigenvalue weighted by molar-refractivity contribution is 5.79. The van der Waals surface area contributed by atoms with Crippen LogP contribution in [0, 0.1) is 5.92 Å². The predicted molar refractivity (Wildman–Crippen MR) is 108 cm³/mol. The minimum atomic E-state index is 0.340. The molecular weight excluding hydrogens is 338 g/mol. The molecule has 0 aliphatic carbocycles. The first kappa shape index (κ1) is 19.4. The SMILES string of the molecule is CN=C(NCc1ncnn1C)NCC(c1ccccc1)N1CCC(C)CC1. The molecule has 146 valence electrons. The number of nitrogens with zero attached hydrogens (tertiary/aromatic N) is 5. The molecule has 0 bridgehead atoms. The Labute approximate surface area is 161 Å². The van der Waals surface area contributed by atoms with Gasteiger partial charge in [-0.1, -0.05) is 37.3 Å². The number of aliphatic imine (C=N–C) groups is 1. The van der Waals surface area contributed by atoms with Crippen LogP contribution in [0.1, 0.15) is 37.2 Å². The topological polar surface area (TPSA) is 70.4 Å². The molecule has 7 heteroatoms. The van der Waals surface area contributed by atoms with Crippen LogP contribution in [0.4, 0.5) is 0 Å². The van der Waals surface area contributed by atoms with Crippen LogP contribution >= 0.6 is 0 Å². The number of piperidine rings is 1. The van der Waals surface area contributed by atoms with E-state index in [2.05, 4.69) is 67.9 Å². The molecule has 1 unspecified atom stereocenters. The first-order valence-corrected chi connectivity index (χ1v) is 9.73. The highest BCUT2D eigenvalue weighted by atomic mass is 15.3. The molecule has 0 saturated carbocycles. The van der Waals surface area contributed by atoms with Crippen LogP contribution in [0.25, 0.3) is 0 Å². The van der Waals surface area contributed by atoms with Crippen molar-refractivity contribution in [3.8, 4) is 0 Å². The predicted octanol–water partition coefficient (Wildman–Crippen LogP) is 1.95. The highest BCUT2D eigenvalue weighted by Gasteiger charge is 2.24. The third-order valence-electron chi connectivity index (χ3n) is 5.35. The number of aromatic nitrogens is 3. The molecule has 1 saturated heterocycles. The third-order valence-corrected chi connectivity index (χ3v) is 5.35. The van der Waals surface area contributed by atoms with E-state index >= 15 is 0 Å². The maximum Gasteiger partial charge on any atom is 0.191 e. The lowest BCUT2D eigenvalue weighted by atomic mass is 9.95. The molecule has 7 nitrogen and oxygen atoms in total. The van der Waals surface area contributed by atoms with Crippen molar-refractivity contribution >= 4 is 5.96 Å². The largest absolute Gasteiger partial charge is 0.354 e. The summed E-state index contributed by atoms with van der Waals surface area (Å²) in [6.07, 6.45) is 4.10. The second kappa shape index (κ2) is 9.50. The van der Waals surface area contributed by atoms with Crippen LogP contribution < -0.4 is 10.6 Å². The molecule has 1 aromatic carbocycles. The van der Waals surface area contributed by atoms with Crippen molar-refractivity contribution in [3.05, 3.63) is 48.0 Å². The van der Waals surface area contributed by atoms with E-state index in [1.165, 1.54) is 18.4 Å². The molecule has 1 fully saturated rings. The zero-order valence-corrected chi connectivity index (χ0v) is 16.6. The monoisotopic (exact) mass is 369 g/mol. The second-order valence-corrected chi connectivity index (χ2v) is 7.25. The molecule has 0 spiro atoms. The van der Waals surface area contributed by atoms with E-state index in [1.54, 1.807) is 18.1 Å². The van der Waals surface area contributed by atoms with Crippen LogP contribution in [-0.4, -0.2) is 52.3 Å². The maximum atomic E-state index is 4.36. The van der Waals surface area contributed by atoms with Crippen LogP contribution in [-0.2, 0) is 13.6 Å². The van der Waals surface area contributed by atoms with Gasteiger partial charge >= 0.3 is 0 Å². The van der Waals surface area contributed by atoms with E-state index in [-0.39, 0.29) is 0 Å². The number of aryl methyl sites for hydroxylation is 1. The second-order valence-electron chi connectivity index (χ2n) is 7.25. The molecule has 0 radical (unpaired) electrons. The number of hydrogen-bond acceptors (Lipinski definition) is 4. The molecule has 27 heavy (non-hydrogen) atoms. The smallest absolute Gasteiger partial charge is 0.191 e. The van der Waals surface area contributed by atoms with Gasteiger partial charge in [-0.3, -0.25) is 14.6 Å². The quantitative estimate of drug-likeness (QED) is 0.602. The van der Waals surface area contributed by atoms with Crippen molar-refractivity contribution in [2.24, 2.45) is 18.0 Å². The van der Waals surface area contributed by atoms with Crippen molar-refractivity contribution in [1.82, 2.24) is 30.3 Å². The van der Waals surface area contributed by atoms with E-state index in [9.17, 15) is 0 Å². The van der Waals surface area contributed by atoms with Crippen molar-refractivity contribution in [2.45, 2.75) is 32.4 Å². The summed E-state index contributed by atoms with van der Waals surface area (Å²) in [5.74, 6) is 2.48. The highest BCUT2D eigenvalue weighted by Crippen LogP contribution is 2.26. The van der Waals surface area contributed by atoms with Gasteiger partial charge in [-0.15, -0.1) is 0 Å². The Morgan fingerprint density at radius 1 is 1.22 bits per heavy atom. The van der Waals surface area contributed by atoms with Gasteiger partial charge in [0.15, 0.2) is 5.96 Å². The van der Waals surface area contributed by atoms with Gasteiger partial charge in [-0.25, -0.2) is 4.98 Å². The van der Waals surface area contributed by atoms with Crippen LogP contribution in [0.15, 0.2) is 41.7 Å². The van der Waals surface area contributed by atoms with Gasteiger partial charge in [0.25, 0.3) is 0 Å². The number of nitrogens with one attached hydrogen (secondary N) is 2. The molecule has 1 aliphatic heterocycles. The zero-order chi connectivity index (χ0) is 19.1. The van der Waals surface area contributed by atoms with E-state index in [0.29, 0.717) is 12.6 Å². The van der Waals surface area contributed by atoms with Crippen LogP contribution in [0.3, 0.4) is 0 Å². The number of hydrogen-bond donors (Lipinski definition) is 2. The van der Waals surface area contributed by atoms with Gasteiger partial charge in [0.2, 0.25) is 0 Å². The number of rotatable bonds is 6. The Morgan fingerprint density at radius 2 is 1.96 bits per heavy atom. The standard InChI is InChI=1S/C20H31N7/c1-16-9-11-27(12-10-16)18(17-7-5-4-6-8-17)13-22-20(21-2)23-14-19-24-15-25-26(19)3/h4-8,15-16,18H,9-14H2,1-3H3,(H2,21,22,23). The molecule has 1 aromatic heterocycles. The van der Waals surface area contributed by atoms with Crippen LogP contribution in [0.2, 0.25) is 0 Å². The molecule has 1 atom stereocenters. The van der Waals surface area contributed by atoms with E-state index in [0.717, 1.165) is 37.3 Å². The van der Waals surface area contributed by atoms with Gasteiger partial charge in [0.05, 0.1) is 12.6 Å². The summed E-state index contributed by atoms with van der Waals surface area (Å²) in [6, 6.07) is 11.1. The van der Waals surface area contributed by atoms with Gasteiger partial charge < -0.3 is 10.6 Å². The molecule has 3 rings (SSSR count). The van der Waals surface area contributed by atoms with Crippen molar-refractivity contribution < 1.29 is 0 Å². The fourth-order valence-corrected chi connectivity index (χ4v) is 3.53. The normalized spacial score (nSPS) is 17.7. The fraction of sp³-hybridized carbons (Fsp3) is 0.550. The molecule has 2 aromatic rings. The molecular formula is C20H31N7. The Kier molecular flexibility index (Phi) is 6.81. The summed E-state index contributed by atoms with van der Waals surface area (Å²) in [7, 11) is 3.69. The molecule has 2 heterocycles. The molecule has 1 aliphatic rings. The summed E-state index contributed by atoms with van der Waals surface area (Å²) < 4.78 is 1.77. The average molecular weight is 370 g/mol. The average Bonchev–Trinajstić information content (AvgIpc) is 3.11. The summed E-state index contributed by atoms with van der Waals surface area (Å²) >= 11 is 0. The van der Waals surface area contributed by atoms with Gasteiger partial charge in [0.1, 0.15) is 12.2 Å². The van der Waals surface area contributed by atoms with E-state index in [4.69, 9.17) is 0 Å². The first-order valence-electron chi connectivity index (χ1n) is 9.73. The minimum Gasteiger partial charge on any atom is -0.354 e. The van der Waals surface area contributed by atoms with Crippen LogP contribution in [0.5, 0.6) is 0 Å². The van der Waals surface area contributed by atoms with Crippen molar-refractivity contribution in [3.63, 3.8) is 0 Å². The summed E-state index contributed by atoms with van der Waals surface area (Å²) in [5, 5.41) is 10.9. The first-order chi connectivity index (χ1) is 13.2. The number of benzene rings is 1. The fourth-order valence-electron chi connectivity index (χ4n) is 3.53. The van der Waals surface area contributed by atoms with Crippen molar-refractivity contribution in [2.75, 3.05) is 26.7 Å². The summed E-state index contributed by atoms with van der Waals surface area (Å²) in [5.41, 5.74) is 1.35. The van der Waals surface area contributed by atoms with Crippen molar-refractivity contribution in [1.29, 1.82) is 0 Å². The summed E-state index contributed by atoms with van der Waals surface area (Å²) in [4.78, 5) is 11.2. The number of likely N-dealkylation sites (tertiary alicyclic amines) is 1. The zero-order valence-electron chi connectivity index (χ0n) is 16.6. The van der Waals surface area contributed by atoms with E-state index in [1.807, 2.05) is 7.05 Å². The minimum absolute atomic E-state index is 0.340. The van der Waals surface area contributed by atoms with Gasteiger partial charge in [0, 0.05) is 20.6 Å². The van der Waals surface area contributed by atoms with Gasteiger partial charge in [-0.2, -0.15) is 5.10 Å². The molecule has 2 N–H and O–H groups in total.